The standard InChI is InChI=1S/C15H15NO3/c1-19-14-7-6-12(8-13(14)15(16)18)11-4-2-10(9-17)3-5-11/h2-8,17H,9H2,1H3,(H2,16,18). The Morgan fingerprint density at radius 1 is 1.16 bits per heavy atom. The summed E-state index contributed by atoms with van der Waals surface area (Å²) in [7, 11) is 1.50. The molecule has 0 aliphatic rings. The number of benzene rings is 2. The zero-order valence-electron chi connectivity index (χ0n) is 10.6. The second-order valence-corrected chi connectivity index (χ2v) is 4.13. The second-order valence-electron chi connectivity index (χ2n) is 4.13. The molecule has 0 aromatic heterocycles. The fourth-order valence-corrected chi connectivity index (χ4v) is 1.88. The summed E-state index contributed by atoms with van der Waals surface area (Å²) >= 11 is 0. The lowest BCUT2D eigenvalue weighted by Crippen LogP contribution is -2.12. The maximum absolute atomic E-state index is 11.4. The molecule has 2 aromatic rings. The summed E-state index contributed by atoms with van der Waals surface area (Å²) in [4.78, 5) is 11.4. The first kappa shape index (κ1) is 13.1. The van der Waals surface area contributed by atoms with Gasteiger partial charge in [-0.05, 0) is 28.8 Å². The molecule has 0 heterocycles. The van der Waals surface area contributed by atoms with Crippen molar-refractivity contribution in [3.8, 4) is 16.9 Å². The first-order chi connectivity index (χ1) is 9.15. The maximum atomic E-state index is 11.4. The smallest absolute Gasteiger partial charge is 0.252 e. The predicted octanol–water partition coefficient (Wildman–Crippen LogP) is 1.95. The normalized spacial score (nSPS) is 10.2. The van der Waals surface area contributed by atoms with Crippen molar-refractivity contribution in [1.29, 1.82) is 0 Å². The van der Waals surface area contributed by atoms with Gasteiger partial charge < -0.3 is 15.6 Å². The highest BCUT2D eigenvalue weighted by Crippen LogP contribution is 2.26. The van der Waals surface area contributed by atoms with Crippen LogP contribution in [0.15, 0.2) is 42.5 Å². The van der Waals surface area contributed by atoms with Crippen molar-refractivity contribution in [2.75, 3.05) is 7.11 Å². The maximum Gasteiger partial charge on any atom is 0.252 e. The molecule has 1 amide bonds. The molecule has 4 nitrogen and oxygen atoms in total. The summed E-state index contributed by atoms with van der Waals surface area (Å²) in [6, 6.07) is 12.7. The summed E-state index contributed by atoms with van der Waals surface area (Å²) in [5.74, 6) is -0.0612. The lowest BCUT2D eigenvalue weighted by Gasteiger charge is -2.09. The number of ether oxygens (including phenoxy) is 1. The van der Waals surface area contributed by atoms with Crippen LogP contribution in [0.5, 0.6) is 5.75 Å². The quantitative estimate of drug-likeness (QED) is 0.879. The molecule has 0 atom stereocenters. The highest BCUT2D eigenvalue weighted by atomic mass is 16.5. The van der Waals surface area contributed by atoms with E-state index >= 15 is 0 Å². The Morgan fingerprint density at radius 3 is 2.32 bits per heavy atom. The molecule has 0 unspecified atom stereocenters. The van der Waals surface area contributed by atoms with E-state index in [0.29, 0.717) is 11.3 Å². The van der Waals surface area contributed by atoms with Gasteiger partial charge in [0.05, 0.1) is 19.3 Å². The number of primary amides is 1. The van der Waals surface area contributed by atoms with Crippen LogP contribution < -0.4 is 10.5 Å². The van der Waals surface area contributed by atoms with Gasteiger partial charge in [-0.2, -0.15) is 0 Å². The minimum Gasteiger partial charge on any atom is -0.496 e. The highest BCUT2D eigenvalue weighted by Gasteiger charge is 2.10. The number of aliphatic hydroxyl groups excluding tert-OH is 1. The molecule has 2 aromatic carbocycles. The molecule has 4 heteroatoms. The van der Waals surface area contributed by atoms with Gasteiger partial charge in [0.1, 0.15) is 5.75 Å². The zero-order chi connectivity index (χ0) is 13.8. The van der Waals surface area contributed by atoms with Gasteiger partial charge in [0.15, 0.2) is 0 Å². The molecule has 3 N–H and O–H groups in total. The van der Waals surface area contributed by atoms with Crippen LogP contribution in [0.25, 0.3) is 11.1 Å². The number of carbonyl (C=O) groups is 1. The number of carbonyl (C=O) groups excluding carboxylic acids is 1. The fourth-order valence-electron chi connectivity index (χ4n) is 1.88. The van der Waals surface area contributed by atoms with Crippen molar-refractivity contribution < 1.29 is 14.6 Å². The molecule has 98 valence electrons. The number of amides is 1. The van der Waals surface area contributed by atoms with E-state index in [1.807, 2.05) is 30.3 Å². The van der Waals surface area contributed by atoms with Gasteiger partial charge in [-0.3, -0.25) is 4.79 Å². The number of aliphatic hydroxyl groups is 1. The molecule has 0 fully saturated rings. The zero-order valence-corrected chi connectivity index (χ0v) is 10.6. The molecule has 0 spiro atoms. The third-order valence-electron chi connectivity index (χ3n) is 2.93. The van der Waals surface area contributed by atoms with Crippen LogP contribution in [-0.2, 0) is 6.61 Å². The van der Waals surface area contributed by atoms with Crippen LogP contribution in [0.2, 0.25) is 0 Å². The van der Waals surface area contributed by atoms with E-state index in [0.717, 1.165) is 16.7 Å². The third kappa shape index (κ3) is 2.74. The molecule has 0 radical (unpaired) electrons. The van der Waals surface area contributed by atoms with E-state index in [1.165, 1.54) is 7.11 Å². The average molecular weight is 257 g/mol. The largest absolute Gasteiger partial charge is 0.496 e. The van der Waals surface area contributed by atoms with Gasteiger partial charge in [-0.25, -0.2) is 0 Å². The minimum absolute atomic E-state index is 0.00935. The SMILES string of the molecule is COc1ccc(-c2ccc(CO)cc2)cc1C(N)=O. The van der Waals surface area contributed by atoms with Gasteiger partial charge in [-0.15, -0.1) is 0 Å². The monoisotopic (exact) mass is 257 g/mol. The predicted molar refractivity (Wildman–Crippen MR) is 72.9 cm³/mol. The van der Waals surface area contributed by atoms with E-state index in [4.69, 9.17) is 15.6 Å². The number of methoxy groups -OCH3 is 1. The average Bonchev–Trinajstić information content (AvgIpc) is 2.46. The molecule has 19 heavy (non-hydrogen) atoms. The van der Waals surface area contributed by atoms with Crippen LogP contribution in [0, 0.1) is 0 Å². The van der Waals surface area contributed by atoms with Crippen molar-refractivity contribution in [1.82, 2.24) is 0 Å². The topological polar surface area (TPSA) is 72.6 Å². The molecular formula is C15H15NO3. The van der Waals surface area contributed by atoms with Gasteiger partial charge >= 0.3 is 0 Å². The van der Waals surface area contributed by atoms with Crippen molar-refractivity contribution in [3.63, 3.8) is 0 Å². The molecule has 2 rings (SSSR count). The Morgan fingerprint density at radius 2 is 1.79 bits per heavy atom. The lowest BCUT2D eigenvalue weighted by molar-refractivity contribution is 0.0997. The Bertz CT molecular complexity index is 591. The van der Waals surface area contributed by atoms with Crippen molar-refractivity contribution in [2.24, 2.45) is 5.73 Å². The molecular weight excluding hydrogens is 242 g/mol. The summed E-state index contributed by atoms with van der Waals surface area (Å²) in [5.41, 5.74) is 8.34. The molecule has 0 bridgehead atoms. The van der Waals surface area contributed by atoms with E-state index < -0.39 is 5.91 Å². The van der Waals surface area contributed by atoms with Crippen molar-refractivity contribution >= 4 is 5.91 Å². The van der Waals surface area contributed by atoms with E-state index in [1.54, 1.807) is 12.1 Å². The Labute approximate surface area is 111 Å². The number of rotatable bonds is 4. The summed E-state index contributed by atoms with van der Waals surface area (Å²) in [5, 5.41) is 9.01. The van der Waals surface area contributed by atoms with Crippen LogP contribution in [0.3, 0.4) is 0 Å². The van der Waals surface area contributed by atoms with Gasteiger partial charge in [0.25, 0.3) is 5.91 Å². The molecule has 0 saturated heterocycles. The van der Waals surface area contributed by atoms with E-state index in [-0.39, 0.29) is 6.61 Å². The molecule has 0 saturated carbocycles. The van der Waals surface area contributed by atoms with Crippen molar-refractivity contribution in [3.05, 3.63) is 53.6 Å². The minimum atomic E-state index is -0.523. The van der Waals surface area contributed by atoms with Gasteiger partial charge in [0.2, 0.25) is 0 Å². The molecule has 0 aliphatic heterocycles. The Hall–Kier alpha value is -2.33. The first-order valence-electron chi connectivity index (χ1n) is 5.83. The summed E-state index contributed by atoms with van der Waals surface area (Å²) in [6.07, 6.45) is 0. The summed E-state index contributed by atoms with van der Waals surface area (Å²) in [6.45, 7) is 0.00935. The third-order valence-corrected chi connectivity index (χ3v) is 2.93. The van der Waals surface area contributed by atoms with Crippen LogP contribution in [0.1, 0.15) is 15.9 Å². The number of nitrogens with two attached hydrogens (primary N) is 1. The Kier molecular flexibility index (Phi) is 3.82. The number of hydrogen-bond acceptors (Lipinski definition) is 3. The van der Waals surface area contributed by atoms with Gasteiger partial charge in [-0.1, -0.05) is 30.3 Å². The Balaban J connectivity index is 2.44. The van der Waals surface area contributed by atoms with Crippen LogP contribution >= 0.6 is 0 Å². The number of hydrogen-bond donors (Lipinski definition) is 2. The fraction of sp³-hybridized carbons (Fsp3) is 0.133. The summed E-state index contributed by atoms with van der Waals surface area (Å²) < 4.78 is 5.10. The van der Waals surface area contributed by atoms with Crippen LogP contribution in [0.4, 0.5) is 0 Å². The molecule has 0 aliphatic carbocycles. The first-order valence-corrected chi connectivity index (χ1v) is 5.83. The van der Waals surface area contributed by atoms with E-state index in [2.05, 4.69) is 0 Å². The highest BCUT2D eigenvalue weighted by molar-refractivity contribution is 5.97. The lowest BCUT2D eigenvalue weighted by atomic mass is 10.0. The second kappa shape index (κ2) is 5.54. The van der Waals surface area contributed by atoms with Crippen LogP contribution in [-0.4, -0.2) is 18.1 Å². The van der Waals surface area contributed by atoms with E-state index in [9.17, 15) is 4.79 Å². The van der Waals surface area contributed by atoms with Gasteiger partial charge in [0, 0.05) is 0 Å². The van der Waals surface area contributed by atoms with Crippen molar-refractivity contribution in [2.45, 2.75) is 6.61 Å².